The van der Waals surface area contributed by atoms with Gasteiger partial charge in [0.25, 0.3) is 5.91 Å². The van der Waals surface area contributed by atoms with Gasteiger partial charge in [0.1, 0.15) is 24.8 Å². The first-order valence-electron chi connectivity index (χ1n) is 7.17. The summed E-state index contributed by atoms with van der Waals surface area (Å²) in [5.74, 6) is -1.68. The molecule has 0 unspecified atom stereocenters. The van der Waals surface area contributed by atoms with E-state index in [0.29, 0.717) is 3.57 Å². The molecule has 0 saturated heterocycles. The summed E-state index contributed by atoms with van der Waals surface area (Å²) < 4.78 is 33.1. The molecule has 0 radical (unpaired) electrons. The molecule has 8 heteroatoms. The molecule has 0 aromatic heterocycles. The minimum Gasteiger partial charge on any atom is -0.499 e. The van der Waals surface area contributed by atoms with E-state index in [0.717, 1.165) is 12.1 Å². The standard InChI is InChI=1S/C17H15F2IN2O3/c1-2-24-7-8-25-22-17(23)13-5-3-11(18)9-16(13)21-15-6-4-12(20)10-14(15)19/h2-6,9-10,21H,1,7-8H2,(H,22,23). The van der Waals surface area contributed by atoms with Crippen molar-refractivity contribution in [2.75, 3.05) is 18.5 Å². The van der Waals surface area contributed by atoms with Gasteiger partial charge in [-0.1, -0.05) is 6.58 Å². The average Bonchev–Trinajstić information content (AvgIpc) is 2.57. The van der Waals surface area contributed by atoms with E-state index in [1.54, 1.807) is 6.07 Å². The SMILES string of the molecule is C=COCCONC(=O)c1ccc(F)cc1Nc1ccc(I)cc1F. The number of halogens is 3. The Bertz CT molecular complexity index is 772. The van der Waals surface area contributed by atoms with E-state index in [2.05, 4.69) is 17.4 Å². The number of ether oxygens (including phenoxy) is 1. The first kappa shape index (κ1) is 19.1. The highest BCUT2D eigenvalue weighted by Crippen LogP contribution is 2.25. The van der Waals surface area contributed by atoms with Crippen LogP contribution in [0.3, 0.4) is 0 Å². The van der Waals surface area contributed by atoms with E-state index in [-0.39, 0.29) is 30.2 Å². The highest BCUT2D eigenvalue weighted by molar-refractivity contribution is 14.1. The van der Waals surface area contributed by atoms with Crippen LogP contribution in [0.2, 0.25) is 0 Å². The number of nitrogens with one attached hydrogen (secondary N) is 2. The molecule has 0 spiro atoms. The Kier molecular flexibility index (Phi) is 7.14. The van der Waals surface area contributed by atoms with E-state index < -0.39 is 17.5 Å². The van der Waals surface area contributed by atoms with Gasteiger partial charge in [0.05, 0.1) is 23.2 Å². The Morgan fingerprint density at radius 3 is 2.68 bits per heavy atom. The number of anilines is 2. The van der Waals surface area contributed by atoms with Crippen molar-refractivity contribution in [2.24, 2.45) is 0 Å². The second-order valence-electron chi connectivity index (χ2n) is 4.76. The lowest BCUT2D eigenvalue weighted by Crippen LogP contribution is -2.26. The fraction of sp³-hybridized carbons (Fsp3) is 0.118. The van der Waals surface area contributed by atoms with Crippen molar-refractivity contribution in [3.63, 3.8) is 0 Å². The summed E-state index contributed by atoms with van der Waals surface area (Å²) in [4.78, 5) is 17.1. The van der Waals surface area contributed by atoms with Crippen LogP contribution in [0.25, 0.3) is 0 Å². The van der Waals surface area contributed by atoms with Crippen molar-refractivity contribution in [1.82, 2.24) is 5.48 Å². The maximum absolute atomic E-state index is 14.0. The lowest BCUT2D eigenvalue weighted by atomic mass is 10.1. The van der Waals surface area contributed by atoms with E-state index in [4.69, 9.17) is 9.57 Å². The fourth-order valence-electron chi connectivity index (χ4n) is 1.90. The topological polar surface area (TPSA) is 59.6 Å². The smallest absolute Gasteiger partial charge is 0.276 e. The average molecular weight is 460 g/mol. The Balaban J connectivity index is 2.13. The molecule has 1 amide bonds. The molecule has 0 aliphatic heterocycles. The van der Waals surface area contributed by atoms with Crippen molar-refractivity contribution in [2.45, 2.75) is 0 Å². The zero-order valence-electron chi connectivity index (χ0n) is 13.0. The Hall–Kier alpha value is -2.20. The van der Waals surface area contributed by atoms with Crippen LogP contribution in [0.4, 0.5) is 20.2 Å². The van der Waals surface area contributed by atoms with E-state index in [1.165, 1.54) is 24.5 Å². The van der Waals surface area contributed by atoms with E-state index in [1.807, 2.05) is 22.6 Å². The second-order valence-corrected chi connectivity index (χ2v) is 6.00. The Morgan fingerprint density at radius 1 is 1.16 bits per heavy atom. The molecule has 0 fully saturated rings. The van der Waals surface area contributed by atoms with Gasteiger partial charge in [-0.2, -0.15) is 0 Å². The lowest BCUT2D eigenvalue weighted by molar-refractivity contribution is 0.0145. The van der Waals surface area contributed by atoms with E-state index >= 15 is 0 Å². The molecular weight excluding hydrogens is 445 g/mol. The van der Waals surface area contributed by atoms with Gasteiger partial charge in [0.2, 0.25) is 0 Å². The minimum atomic E-state index is -0.605. The first-order valence-corrected chi connectivity index (χ1v) is 8.25. The van der Waals surface area contributed by atoms with Crippen LogP contribution in [0.1, 0.15) is 10.4 Å². The highest BCUT2D eigenvalue weighted by atomic mass is 127. The third kappa shape index (κ3) is 5.68. The molecule has 0 bridgehead atoms. The summed E-state index contributed by atoms with van der Waals surface area (Å²) in [6.07, 6.45) is 1.25. The van der Waals surface area contributed by atoms with Crippen LogP contribution < -0.4 is 10.8 Å². The summed E-state index contributed by atoms with van der Waals surface area (Å²) in [6, 6.07) is 8.03. The van der Waals surface area contributed by atoms with Gasteiger partial charge in [-0.25, -0.2) is 14.3 Å². The third-order valence-electron chi connectivity index (χ3n) is 3.01. The van der Waals surface area contributed by atoms with Crippen molar-refractivity contribution in [3.8, 4) is 0 Å². The molecule has 2 N–H and O–H groups in total. The van der Waals surface area contributed by atoms with Crippen LogP contribution in [-0.2, 0) is 9.57 Å². The number of benzene rings is 2. The normalized spacial score (nSPS) is 10.2. The number of hydroxylamine groups is 1. The molecule has 0 saturated carbocycles. The molecule has 2 aromatic rings. The Morgan fingerprint density at radius 2 is 1.96 bits per heavy atom. The minimum absolute atomic E-state index is 0.101. The third-order valence-corrected chi connectivity index (χ3v) is 3.68. The molecular formula is C17H15F2IN2O3. The van der Waals surface area contributed by atoms with Crippen molar-refractivity contribution >= 4 is 39.9 Å². The number of hydrogen-bond donors (Lipinski definition) is 2. The monoisotopic (exact) mass is 460 g/mol. The predicted molar refractivity (Wildman–Crippen MR) is 98.4 cm³/mol. The molecule has 25 heavy (non-hydrogen) atoms. The summed E-state index contributed by atoms with van der Waals surface area (Å²) in [5, 5.41) is 2.73. The summed E-state index contributed by atoms with van der Waals surface area (Å²) in [6.45, 7) is 3.69. The number of rotatable bonds is 8. The van der Waals surface area contributed by atoms with Crippen LogP contribution in [0, 0.1) is 15.2 Å². The van der Waals surface area contributed by atoms with Crippen LogP contribution in [0.5, 0.6) is 0 Å². The van der Waals surface area contributed by atoms with Gasteiger partial charge < -0.3 is 10.1 Å². The number of hydrogen-bond acceptors (Lipinski definition) is 4. The zero-order valence-corrected chi connectivity index (χ0v) is 15.2. The second kappa shape index (κ2) is 9.33. The van der Waals surface area contributed by atoms with Crippen LogP contribution in [0.15, 0.2) is 49.2 Å². The largest absolute Gasteiger partial charge is 0.499 e. The van der Waals surface area contributed by atoms with Gasteiger partial charge in [-0.05, 0) is 59.0 Å². The first-order chi connectivity index (χ1) is 12.0. The molecule has 2 aromatic carbocycles. The highest BCUT2D eigenvalue weighted by Gasteiger charge is 2.14. The van der Waals surface area contributed by atoms with Crippen LogP contribution in [-0.4, -0.2) is 19.1 Å². The molecule has 0 aliphatic rings. The number of carbonyl (C=O) groups is 1. The van der Waals surface area contributed by atoms with Crippen molar-refractivity contribution in [3.05, 3.63) is 70.0 Å². The number of amides is 1. The molecule has 5 nitrogen and oxygen atoms in total. The van der Waals surface area contributed by atoms with Gasteiger partial charge in [0.15, 0.2) is 0 Å². The van der Waals surface area contributed by atoms with Crippen molar-refractivity contribution < 1.29 is 23.1 Å². The zero-order chi connectivity index (χ0) is 18.2. The molecule has 0 atom stereocenters. The van der Waals surface area contributed by atoms with E-state index in [9.17, 15) is 13.6 Å². The molecule has 132 valence electrons. The maximum Gasteiger partial charge on any atom is 0.276 e. The lowest BCUT2D eigenvalue weighted by Gasteiger charge is -2.13. The molecule has 2 rings (SSSR count). The predicted octanol–water partition coefficient (Wildman–Crippen LogP) is 4.13. The molecule has 0 aliphatic carbocycles. The van der Waals surface area contributed by atoms with Gasteiger partial charge in [-0.3, -0.25) is 9.63 Å². The molecule has 0 heterocycles. The Labute approximate surface area is 157 Å². The van der Waals surface area contributed by atoms with Crippen LogP contribution >= 0.6 is 22.6 Å². The summed E-state index contributed by atoms with van der Waals surface area (Å²) in [7, 11) is 0. The maximum atomic E-state index is 14.0. The summed E-state index contributed by atoms with van der Waals surface area (Å²) >= 11 is 1.98. The summed E-state index contributed by atoms with van der Waals surface area (Å²) in [5.41, 5.74) is 2.56. The van der Waals surface area contributed by atoms with Gasteiger partial charge in [0, 0.05) is 3.57 Å². The quantitative estimate of drug-likeness (QED) is 0.269. The van der Waals surface area contributed by atoms with Crippen molar-refractivity contribution in [1.29, 1.82) is 0 Å². The van der Waals surface area contributed by atoms with Gasteiger partial charge in [-0.15, -0.1) is 0 Å². The van der Waals surface area contributed by atoms with Gasteiger partial charge >= 0.3 is 0 Å². The number of carbonyl (C=O) groups excluding carboxylic acids is 1. The fourth-order valence-corrected chi connectivity index (χ4v) is 2.35.